The van der Waals surface area contributed by atoms with Gasteiger partial charge in [-0.1, -0.05) is 63.2 Å². The van der Waals surface area contributed by atoms with E-state index in [-0.39, 0.29) is 35.7 Å². The van der Waals surface area contributed by atoms with Gasteiger partial charge in [-0.25, -0.2) is 4.52 Å². The number of amides is 1. The van der Waals surface area contributed by atoms with Gasteiger partial charge in [0.25, 0.3) is 11.5 Å². The number of carbonyl (C=O) groups excluding carboxylic acids is 1. The second kappa shape index (κ2) is 12.0. The van der Waals surface area contributed by atoms with Crippen LogP contribution in [0.15, 0.2) is 71.8 Å². The van der Waals surface area contributed by atoms with Crippen molar-refractivity contribution in [1.82, 2.24) is 29.8 Å². The summed E-state index contributed by atoms with van der Waals surface area (Å²) in [7, 11) is 0. The summed E-state index contributed by atoms with van der Waals surface area (Å²) in [6.07, 6.45) is 3.48. The van der Waals surface area contributed by atoms with E-state index >= 15 is 0 Å². The molecule has 2 aromatic carbocycles. The molecule has 0 aliphatic heterocycles. The maximum absolute atomic E-state index is 13.8. The Kier molecular flexibility index (Phi) is 8.28. The second-order valence-corrected chi connectivity index (χ2v) is 10.6. The highest BCUT2D eigenvalue weighted by Gasteiger charge is 2.27. The van der Waals surface area contributed by atoms with Crippen LogP contribution in [0.1, 0.15) is 59.9 Å². The molecule has 1 unspecified atom stereocenters. The summed E-state index contributed by atoms with van der Waals surface area (Å²) in [5, 5.41) is 18.3. The molecule has 0 aliphatic rings. The number of fused-ring (bicyclic) bond motifs is 2. The SMILES string of the molecule is CCN(CCO)CC(NC(=O)c1nn2cc(-c3cnc4cccc(C)c4c3)[nH]c(=O)c2c1C(C)C)c1ccccc1. The Balaban J connectivity index is 1.55. The van der Waals surface area contributed by atoms with Gasteiger partial charge in [0.2, 0.25) is 0 Å². The fourth-order valence-electron chi connectivity index (χ4n) is 5.33. The van der Waals surface area contributed by atoms with Crippen molar-refractivity contribution in [2.75, 3.05) is 26.2 Å². The highest BCUT2D eigenvalue weighted by Crippen LogP contribution is 2.27. The third-order valence-electron chi connectivity index (χ3n) is 7.52. The number of aliphatic hydroxyl groups is 1. The molecule has 0 spiro atoms. The Bertz CT molecular complexity index is 1740. The molecule has 1 amide bonds. The van der Waals surface area contributed by atoms with Crippen molar-refractivity contribution in [1.29, 1.82) is 0 Å². The van der Waals surface area contributed by atoms with Gasteiger partial charge in [0, 0.05) is 35.8 Å². The Morgan fingerprint density at radius 1 is 1.15 bits per heavy atom. The minimum absolute atomic E-state index is 0.0324. The molecule has 0 aliphatic carbocycles. The van der Waals surface area contributed by atoms with Crippen molar-refractivity contribution >= 4 is 22.3 Å². The number of aryl methyl sites for hydroxylation is 1. The molecule has 3 heterocycles. The average Bonchev–Trinajstić information content (AvgIpc) is 3.38. The molecule has 0 saturated heterocycles. The van der Waals surface area contributed by atoms with Crippen molar-refractivity contribution in [2.45, 2.75) is 39.7 Å². The second-order valence-electron chi connectivity index (χ2n) is 10.6. The Morgan fingerprint density at radius 2 is 1.93 bits per heavy atom. The van der Waals surface area contributed by atoms with Crippen LogP contribution in [0.25, 0.3) is 27.7 Å². The fourth-order valence-corrected chi connectivity index (χ4v) is 5.33. The van der Waals surface area contributed by atoms with Crippen LogP contribution < -0.4 is 10.9 Å². The number of pyridine rings is 1. The van der Waals surface area contributed by atoms with Crippen molar-refractivity contribution in [3.63, 3.8) is 0 Å². The first-order valence-electron chi connectivity index (χ1n) is 14.0. The maximum atomic E-state index is 13.8. The maximum Gasteiger partial charge on any atom is 0.274 e. The Morgan fingerprint density at radius 3 is 2.63 bits per heavy atom. The van der Waals surface area contributed by atoms with E-state index in [9.17, 15) is 14.7 Å². The number of aliphatic hydroxyl groups excluding tert-OH is 1. The lowest BCUT2D eigenvalue weighted by molar-refractivity contribution is 0.0914. The number of aromatic amines is 1. The lowest BCUT2D eigenvalue weighted by atomic mass is 10.0. The van der Waals surface area contributed by atoms with Crippen LogP contribution in [0.4, 0.5) is 0 Å². The van der Waals surface area contributed by atoms with Crippen molar-refractivity contribution in [3.05, 3.63) is 99.7 Å². The summed E-state index contributed by atoms with van der Waals surface area (Å²) in [6.45, 7) is 9.74. The number of carbonyl (C=O) groups is 1. The lowest BCUT2D eigenvalue weighted by Gasteiger charge is -2.27. The molecule has 0 bridgehead atoms. The van der Waals surface area contributed by atoms with Gasteiger partial charge in [0.1, 0.15) is 5.52 Å². The van der Waals surface area contributed by atoms with Crippen LogP contribution in [-0.2, 0) is 0 Å². The minimum Gasteiger partial charge on any atom is -0.395 e. The molecule has 3 aromatic heterocycles. The molecular formula is C32H36N6O3. The molecule has 0 fully saturated rings. The van der Waals surface area contributed by atoms with Gasteiger partial charge >= 0.3 is 0 Å². The standard InChI is InChI=1S/C32H36N6O3/c1-5-37(14-15-39)18-26(22-11-7-6-8-12-22)34-31(40)29-28(20(2)3)30-32(41)35-27(19-38(30)36-29)23-16-24-21(4)10-9-13-25(24)33-17-23/h6-13,16-17,19-20,26,39H,5,14-15,18H2,1-4H3,(H,34,40)(H,35,41). The Hall–Kier alpha value is -4.34. The summed E-state index contributed by atoms with van der Waals surface area (Å²) in [5.74, 6) is -0.475. The Labute approximate surface area is 238 Å². The zero-order valence-corrected chi connectivity index (χ0v) is 23.9. The summed E-state index contributed by atoms with van der Waals surface area (Å²) in [5.41, 5.74) is 5.10. The number of hydrogen-bond acceptors (Lipinski definition) is 6. The average molecular weight is 553 g/mol. The molecule has 0 saturated carbocycles. The summed E-state index contributed by atoms with van der Waals surface area (Å²) >= 11 is 0. The molecule has 9 nitrogen and oxygen atoms in total. The quantitative estimate of drug-likeness (QED) is 0.236. The van der Waals surface area contributed by atoms with E-state index in [0.717, 1.165) is 34.1 Å². The van der Waals surface area contributed by atoms with Gasteiger partial charge < -0.3 is 15.4 Å². The summed E-state index contributed by atoms with van der Waals surface area (Å²) < 4.78 is 1.52. The number of aromatic nitrogens is 4. The van der Waals surface area contributed by atoms with Gasteiger partial charge in [-0.05, 0) is 42.6 Å². The van der Waals surface area contributed by atoms with Crippen molar-refractivity contribution < 1.29 is 9.90 Å². The van der Waals surface area contributed by atoms with E-state index in [4.69, 9.17) is 0 Å². The highest BCUT2D eigenvalue weighted by atomic mass is 16.3. The van der Waals surface area contributed by atoms with E-state index in [2.05, 4.69) is 25.3 Å². The topological polar surface area (TPSA) is 116 Å². The van der Waals surface area contributed by atoms with Gasteiger partial charge in [-0.3, -0.25) is 19.5 Å². The molecule has 41 heavy (non-hydrogen) atoms. The first kappa shape index (κ1) is 28.2. The van der Waals surface area contributed by atoms with E-state index in [1.54, 1.807) is 12.4 Å². The van der Waals surface area contributed by atoms with Gasteiger partial charge in [-0.2, -0.15) is 5.10 Å². The molecule has 9 heteroatoms. The van der Waals surface area contributed by atoms with Crippen LogP contribution in [0.2, 0.25) is 0 Å². The molecule has 5 aromatic rings. The summed E-state index contributed by atoms with van der Waals surface area (Å²) in [6, 6.07) is 17.4. The number of likely N-dealkylation sites (N-methyl/N-ethyl adjacent to an activating group) is 1. The van der Waals surface area contributed by atoms with Crippen molar-refractivity contribution in [3.8, 4) is 11.3 Å². The van der Waals surface area contributed by atoms with E-state index in [0.29, 0.717) is 29.9 Å². The highest BCUT2D eigenvalue weighted by molar-refractivity contribution is 5.96. The molecule has 1 atom stereocenters. The van der Waals surface area contributed by atoms with E-state index in [1.807, 2.05) is 82.3 Å². The van der Waals surface area contributed by atoms with Gasteiger partial charge in [0.05, 0.1) is 30.1 Å². The van der Waals surface area contributed by atoms with Crippen LogP contribution in [0.5, 0.6) is 0 Å². The number of nitrogens with zero attached hydrogens (tertiary/aromatic N) is 4. The molecule has 0 radical (unpaired) electrons. The molecule has 3 N–H and O–H groups in total. The predicted molar refractivity (Wildman–Crippen MR) is 161 cm³/mol. The third-order valence-corrected chi connectivity index (χ3v) is 7.52. The van der Waals surface area contributed by atoms with E-state index in [1.165, 1.54) is 4.52 Å². The number of rotatable bonds is 10. The monoisotopic (exact) mass is 552 g/mol. The smallest absolute Gasteiger partial charge is 0.274 e. The lowest BCUT2D eigenvalue weighted by Crippen LogP contribution is -2.39. The normalized spacial score (nSPS) is 12.5. The van der Waals surface area contributed by atoms with Crippen LogP contribution in [-0.4, -0.2) is 61.7 Å². The fraction of sp³-hybridized carbons (Fsp3) is 0.312. The zero-order valence-electron chi connectivity index (χ0n) is 23.9. The minimum atomic E-state index is -0.352. The summed E-state index contributed by atoms with van der Waals surface area (Å²) in [4.78, 5) is 36.9. The number of H-pyrrole nitrogens is 1. The van der Waals surface area contributed by atoms with Gasteiger partial charge in [-0.15, -0.1) is 0 Å². The van der Waals surface area contributed by atoms with Crippen molar-refractivity contribution in [2.24, 2.45) is 0 Å². The molecular weight excluding hydrogens is 516 g/mol. The third kappa shape index (κ3) is 5.77. The molecule has 5 rings (SSSR count). The van der Waals surface area contributed by atoms with Crippen LogP contribution in [0, 0.1) is 6.92 Å². The zero-order chi connectivity index (χ0) is 29.1. The van der Waals surface area contributed by atoms with E-state index < -0.39 is 0 Å². The first-order valence-corrected chi connectivity index (χ1v) is 14.0. The number of hydrogen-bond donors (Lipinski definition) is 3. The first-order chi connectivity index (χ1) is 19.8. The van der Waals surface area contributed by atoms with Crippen LogP contribution >= 0.6 is 0 Å². The number of benzene rings is 2. The number of nitrogens with one attached hydrogen (secondary N) is 2. The molecule has 212 valence electrons. The van der Waals surface area contributed by atoms with Crippen LogP contribution in [0.3, 0.4) is 0 Å². The largest absolute Gasteiger partial charge is 0.395 e. The predicted octanol–water partition coefficient (Wildman–Crippen LogP) is 4.45. The van der Waals surface area contributed by atoms with Gasteiger partial charge in [0.15, 0.2) is 5.69 Å².